The molecule has 79 valence electrons. The summed E-state index contributed by atoms with van der Waals surface area (Å²) in [6.45, 7) is 6.89. The number of rotatable bonds is 0. The second-order valence-electron chi connectivity index (χ2n) is 2.36. The first kappa shape index (κ1) is 19.1. The second kappa shape index (κ2) is 15.0. The first-order valence-corrected chi connectivity index (χ1v) is 11.0. The van der Waals surface area contributed by atoms with Gasteiger partial charge in [-0.3, -0.25) is 0 Å². The maximum absolute atomic E-state index is 8.06. The molecule has 0 radical (unpaired) electrons. The van der Waals surface area contributed by atoms with Gasteiger partial charge in [0.25, 0.3) is 0 Å². The monoisotopic (exact) mass is 323 g/mol. The predicted octanol–water partition coefficient (Wildman–Crippen LogP) is 2.84. The van der Waals surface area contributed by atoms with Crippen LogP contribution in [0.2, 0.25) is 0 Å². The van der Waals surface area contributed by atoms with Gasteiger partial charge in [-0.25, -0.2) is 0 Å². The van der Waals surface area contributed by atoms with E-state index in [1.54, 1.807) is 27.7 Å². The Hall–Kier alpha value is 1.48. The van der Waals surface area contributed by atoms with Crippen molar-refractivity contribution in [2.45, 2.75) is 39.9 Å². The molecule has 6 heteroatoms. The molecule has 0 aromatic rings. The quantitative estimate of drug-likeness (QED) is 0.673. The van der Waals surface area contributed by atoms with Crippen molar-refractivity contribution in [3.8, 4) is 0 Å². The van der Waals surface area contributed by atoms with E-state index in [0.717, 1.165) is 0 Å². The molecule has 0 atom stereocenters. The van der Waals surface area contributed by atoms with E-state index in [0.29, 0.717) is 0 Å². The molecule has 0 heterocycles. The third-order valence-corrected chi connectivity index (χ3v) is 0. The van der Waals surface area contributed by atoms with Crippen LogP contribution in [0.3, 0.4) is 0 Å². The van der Waals surface area contributed by atoms with Crippen molar-refractivity contribution in [3.05, 3.63) is 0 Å². The van der Waals surface area contributed by atoms with Gasteiger partial charge in [0.05, 0.1) is 0 Å². The van der Waals surface area contributed by atoms with Gasteiger partial charge in [0.2, 0.25) is 0 Å². The summed E-state index contributed by atoms with van der Waals surface area (Å²) in [5.74, 6) is 0. The van der Waals surface area contributed by atoms with Crippen LogP contribution in [-0.2, 0) is 14.2 Å². The van der Waals surface area contributed by atoms with Crippen LogP contribution in [-0.4, -0.2) is 22.4 Å². The van der Waals surface area contributed by atoms with Crippen molar-refractivity contribution in [1.82, 2.24) is 0 Å². The van der Waals surface area contributed by atoms with E-state index in [4.69, 9.17) is 38.5 Å². The number of hydrogen-bond donors (Lipinski definition) is 2. The first-order chi connectivity index (χ1) is 5.20. The minimum atomic E-state index is -1.94. The second-order valence-corrected chi connectivity index (χ2v) is 11.5. The molecular weight excluding hydrogens is 306 g/mol. The zero-order chi connectivity index (χ0) is 10.7. The fourth-order valence-electron chi connectivity index (χ4n) is 0. The molecule has 0 saturated carbocycles. The normalized spacial score (nSPS) is 9.00. The Labute approximate surface area is 92.2 Å². The summed E-state index contributed by atoms with van der Waals surface area (Å²) in [5, 5.41) is 16.1. The van der Waals surface area contributed by atoms with Crippen molar-refractivity contribution < 1.29 is 24.4 Å². The predicted molar refractivity (Wildman–Crippen MR) is 52.3 cm³/mol. The third kappa shape index (κ3) is 577. The van der Waals surface area contributed by atoms with Gasteiger partial charge in [-0.2, -0.15) is 0 Å². The molecule has 0 bridgehead atoms. The van der Waals surface area contributed by atoms with E-state index in [2.05, 4.69) is 0 Å². The molecule has 2 N–H and O–H groups in total. The van der Waals surface area contributed by atoms with Crippen molar-refractivity contribution in [2.75, 3.05) is 0 Å². The molecule has 0 unspecified atom stereocenters. The molecule has 2 nitrogen and oxygen atoms in total. The standard InChI is InChI=1S/2C3H8O.3ClH.Mo/c2*1-3(2)4;;;;/h2*3-4H,1-2H3;3*1H;/q;;;;;+3/p-3. The zero-order valence-corrected chi connectivity index (χ0v) is 11.9. The minimum absolute atomic E-state index is 0.167. The summed E-state index contributed by atoms with van der Waals surface area (Å²) in [6, 6.07) is 0. The molecule has 0 fully saturated rings. The van der Waals surface area contributed by atoms with Crippen LogP contribution in [0.4, 0.5) is 0 Å². The Bertz CT molecular complexity index is 49.3. The number of hydrogen-bond acceptors (Lipinski definition) is 2. The maximum atomic E-state index is 8.06. The molecule has 0 amide bonds. The van der Waals surface area contributed by atoms with Crippen molar-refractivity contribution in [2.24, 2.45) is 0 Å². The zero-order valence-electron chi connectivity index (χ0n) is 7.59. The Kier molecular flexibility index (Phi) is 23.9. The van der Waals surface area contributed by atoms with E-state index in [1.165, 1.54) is 0 Å². The van der Waals surface area contributed by atoms with E-state index in [9.17, 15) is 0 Å². The Morgan fingerprint density at radius 2 is 0.833 bits per heavy atom. The Morgan fingerprint density at radius 3 is 0.833 bits per heavy atom. The van der Waals surface area contributed by atoms with Crippen molar-refractivity contribution >= 4 is 28.3 Å². The average molecular weight is 322 g/mol. The third-order valence-electron chi connectivity index (χ3n) is 0. The van der Waals surface area contributed by atoms with E-state index in [1.807, 2.05) is 0 Å². The molecule has 0 aliphatic rings. The van der Waals surface area contributed by atoms with Crippen LogP contribution >= 0.6 is 28.3 Å². The van der Waals surface area contributed by atoms with E-state index >= 15 is 0 Å². The number of aliphatic hydroxyl groups excluding tert-OH is 2. The summed E-state index contributed by atoms with van der Waals surface area (Å²) < 4.78 is 0. The summed E-state index contributed by atoms with van der Waals surface area (Å²) in [4.78, 5) is 0. The van der Waals surface area contributed by atoms with Gasteiger partial charge < -0.3 is 10.2 Å². The average Bonchev–Trinajstić information content (AvgIpc) is 1.54. The summed E-state index contributed by atoms with van der Waals surface area (Å²) in [6.07, 6.45) is -0.333. The Balaban J connectivity index is -0.000000101. The molecule has 0 aromatic carbocycles. The molecule has 0 aromatic heterocycles. The molecule has 12 heavy (non-hydrogen) atoms. The van der Waals surface area contributed by atoms with Gasteiger partial charge in [-0.15, -0.1) is 0 Å². The van der Waals surface area contributed by atoms with Crippen LogP contribution in [0.5, 0.6) is 0 Å². The number of aliphatic hydroxyl groups is 2. The van der Waals surface area contributed by atoms with Gasteiger partial charge in [0.15, 0.2) is 0 Å². The summed E-state index contributed by atoms with van der Waals surface area (Å²) in [7, 11) is 14.9. The molecule has 0 saturated heterocycles. The molecule has 0 aliphatic carbocycles. The van der Waals surface area contributed by atoms with Gasteiger partial charge >= 0.3 is 42.4 Å². The van der Waals surface area contributed by atoms with E-state index < -0.39 is 14.2 Å². The van der Waals surface area contributed by atoms with Crippen molar-refractivity contribution in [1.29, 1.82) is 0 Å². The topological polar surface area (TPSA) is 40.5 Å². The number of halogens is 3. The SMILES string of the molecule is CC(C)O.CC(C)O.[Cl][Mo]([Cl])[Cl]. The summed E-state index contributed by atoms with van der Waals surface area (Å²) >= 11 is -1.94. The fraction of sp³-hybridized carbons (Fsp3) is 1.00. The van der Waals surface area contributed by atoms with Crippen LogP contribution in [0.25, 0.3) is 0 Å². The van der Waals surface area contributed by atoms with Crippen LogP contribution in [0.1, 0.15) is 27.7 Å². The fourth-order valence-corrected chi connectivity index (χ4v) is 0. The molecular formula is C6H16Cl3MoO2. The van der Waals surface area contributed by atoms with E-state index in [-0.39, 0.29) is 12.2 Å². The van der Waals surface area contributed by atoms with Crippen LogP contribution < -0.4 is 0 Å². The van der Waals surface area contributed by atoms with Gasteiger partial charge in [-0.05, 0) is 27.7 Å². The van der Waals surface area contributed by atoms with Gasteiger partial charge in [0, 0.05) is 12.2 Å². The van der Waals surface area contributed by atoms with Crippen LogP contribution in [0.15, 0.2) is 0 Å². The molecule has 0 spiro atoms. The molecule has 0 aliphatic heterocycles. The summed E-state index contributed by atoms with van der Waals surface area (Å²) in [5.41, 5.74) is 0. The van der Waals surface area contributed by atoms with Gasteiger partial charge in [0.1, 0.15) is 0 Å². The first-order valence-electron chi connectivity index (χ1n) is 3.29. The Morgan fingerprint density at radius 1 is 0.833 bits per heavy atom. The van der Waals surface area contributed by atoms with Crippen molar-refractivity contribution in [3.63, 3.8) is 0 Å². The van der Waals surface area contributed by atoms with Gasteiger partial charge in [-0.1, -0.05) is 0 Å². The molecule has 0 rings (SSSR count). The van der Waals surface area contributed by atoms with Crippen LogP contribution in [0, 0.1) is 0 Å².